The zero-order chi connectivity index (χ0) is 19.8. The molecule has 0 aliphatic rings. The van der Waals surface area contributed by atoms with Gasteiger partial charge in [-0.2, -0.15) is 0 Å². The molecule has 0 saturated heterocycles. The second-order valence-corrected chi connectivity index (χ2v) is 6.78. The Balaban J connectivity index is 2.13. The van der Waals surface area contributed by atoms with E-state index in [2.05, 4.69) is 32.2 Å². The molecule has 0 saturated carbocycles. The summed E-state index contributed by atoms with van der Waals surface area (Å²) in [4.78, 5) is 12.4. The van der Waals surface area contributed by atoms with Gasteiger partial charge in [-0.3, -0.25) is 4.79 Å². The fourth-order valence-electron chi connectivity index (χ4n) is 2.80. The van der Waals surface area contributed by atoms with Crippen LogP contribution in [-0.4, -0.2) is 19.6 Å². The number of hydrogen-bond donors (Lipinski definition) is 1. The standard InChI is InChI=1S/C23H29NO3/c1-6-14-27-20-12-10-18(15-21(20)26-5)11-13-22(25)24-23-17(4)8-7-9-19(23)16(2)3/h7-13,15-16H,6,14H2,1-5H3,(H,24,25)/b13-11+. The van der Waals surface area contributed by atoms with Crippen molar-refractivity contribution in [2.75, 3.05) is 19.0 Å². The second-order valence-electron chi connectivity index (χ2n) is 6.78. The summed E-state index contributed by atoms with van der Waals surface area (Å²) in [6.45, 7) is 8.94. The van der Waals surface area contributed by atoms with Gasteiger partial charge >= 0.3 is 0 Å². The van der Waals surface area contributed by atoms with Crippen molar-refractivity contribution in [2.45, 2.75) is 40.0 Å². The Hall–Kier alpha value is -2.75. The van der Waals surface area contributed by atoms with E-state index in [1.807, 2.05) is 37.3 Å². The number of aryl methyl sites for hydroxylation is 1. The molecule has 2 rings (SSSR count). The van der Waals surface area contributed by atoms with Crippen molar-refractivity contribution >= 4 is 17.7 Å². The third-order valence-corrected chi connectivity index (χ3v) is 4.25. The first-order valence-electron chi connectivity index (χ1n) is 9.35. The second kappa shape index (κ2) is 9.81. The number of rotatable bonds is 8. The predicted octanol–water partition coefficient (Wildman–Crippen LogP) is 5.57. The van der Waals surface area contributed by atoms with Gasteiger partial charge in [-0.05, 0) is 54.2 Å². The van der Waals surface area contributed by atoms with Crippen LogP contribution in [0.4, 0.5) is 5.69 Å². The van der Waals surface area contributed by atoms with Gasteiger partial charge in [0.05, 0.1) is 13.7 Å². The molecule has 0 aliphatic heterocycles. The number of carbonyl (C=O) groups excluding carboxylic acids is 1. The van der Waals surface area contributed by atoms with Crippen LogP contribution in [0.25, 0.3) is 6.08 Å². The van der Waals surface area contributed by atoms with Gasteiger partial charge in [0, 0.05) is 11.8 Å². The zero-order valence-corrected chi connectivity index (χ0v) is 16.8. The van der Waals surface area contributed by atoms with Gasteiger partial charge in [0.1, 0.15) is 0 Å². The van der Waals surface area contributed by atoms with Crippen LogP contribution in [0.1, 0.15) is 49.8 Å². The van der Waals surface area contributed by atoms with E-state index in [0.29, 0.717) is 24.0 Å². The third kappa shape index (κ3) is 5.61. The molecule has 0 bridgehead atoms. The van der Waals surface area contributed by atoms with Crippen molar-refractivity contribution in [1.29, 1.82) is 0 Å². The molecule has 0 aliphatic carbocycles. The number of nitrogens with one attached hydrogen (secondary N) is 1. The molecular formula is C23H29NO3. The minimum atomic E-state index is -0.156. The molecule has 4 heteroatoms. The molecule has 0 atom stereocenters. The van der Waals surface area contributed by atoms with Crippen LogP contribution >= 0.6 is 0 Å². The van der Waals surface area contributed by atoms with Crippen LogP contribution in [0.3, 0.4) is 0 Å². The molecule has 144 valence electrons. The SMILES string of the molecule is CCCOc1ccc(/C=C/C(=O)Nc2c(C)cccc2C(C)C)cc1OC. The summed E-state index contributed by atoms with van der Waals surface area (Å²) in [6, 6.07) is 11.7. The summed E-state index contributed by atoms with van der Waals surface area (Å²) in [7, 11) is 1.61. The van der Waals surface area contributed by atoms with E-state index in [-0.39, 0.29) is 5.91 Å². The Bertz CT molecular complexity index is 809. The van der Waals surface area contributed by atoms with E-state index in [9.17, 15) is 4.79 Å². The van der Waals surface area contributed by atoms with Crippen LogP contribution in [0.2, 0.25) is 0 Å². The minimum Gasteiger partial charge on any atom is -0.493 e. The van der Waals surface area contributed by atoms with E-state index >= 15 is 0 Å². The summed E-state index contributed by atoms with van der Waals surface area (Å²) < 4.78 is 11.0. The summed E-state index contributed by atoms with van der Waals surface area (Å²) in [5, 5.41) is 3.02. The average Bonchev–Trinajstić information content (AvgIpc) is 2.66. The lowest BCUT2D eigenvalue weighted by molar-refractivity contribution is -0.111. The van der Waals surface area contributed by atoms with Crippen molar-refractivity contribution in [1.82, 2.24) is 0 Å². The summed E-state index contributed by atoms with van der Waals surface area (Å²) in [6.07, 6.45) is 4.24. The molecule has 0 heterocycles. The molecule has 0 radical (unpaired) electrons. The molecule has 4 nitrogen and oxygen atoms in total. The number of amides is 1. The first-order chi connectivity index (χ1) is 13.0. The molecule has 27 heavy (non-hydrogen) atoms. The molecule has 0 fully saturated rings. The van der Waals surface area contributed by atoms with Crippen molar-refractivity contribution in [3.63, 3.8) is 0 Å². The van der Waals surface area contributed by atoms with Crippen LogP contribution in [0.5, 0.6) is 11.5 Å². The Morgan fingerprint density at radius 3 is 2.63 bits per heavy atom. The predicted molar refractivity (Wildman–Crippen MR) is 112 cm³/mol. The highest BCUT2D eigenvalue weighted by Crippen LogP contribution is 2.29. The quantitative estimate of drug-likeness (QED) is 0.621. The van der Waals surface area contributed by atoms with Gasteiger partial charge in [0.2, 0.25) is 5.91 Å². The lowest BCUT2D eigenvalue weighted by atomic mass is 9.98. The Kier molecular flexibility index (Phi) is 7.47. The molecule has 0 aromatic heterocycles. The summed E-state index contributed by atoms with van der Waals surface area (Å²) in [5.41, 5.74) is 3.96. The fraction of sp³-hybridized carbons (Fsp3) is 0.348. The van der Waals surface area contributed by atoms with E-state index in [1.165, 1.54) is 6.08 Å². The maximum absolute atomic E-state index is 12.4. The summed E-state index contributed by atoms with van der Waals surface area (Å²) >= 11 is 0. The number of hydrogen-bond acceptors (Lipinski definition) is 3. The number of anilines is 1. The lowest BCUT2D eigenvalue weighted by Gasteiger charge is -2.15. The molecule has 0 unspecified atom stereocenters. The Morgan fingerprint density at radius 2 is 1.96 bits per heavy atom. The van der Waals surface area contributed by atoms with Crippen molar-refractivity contribution in [3.8, 4) is 11.5 Å². The molecule has 2 aromatic rings. The minimum absolute atomic E-state index is 0.156. The van der Waals surface area contributed by atoms with Crippen LogP contribution in [0, 0.1) is 6.92 Å². The first kappa shape index (κ1) is 20.6. The number of benzene rings is 2. The van der Waals surface area contributed by atoms with Crippen molar-refractivity contribution in [3.05, 3.63) is 59.2 Å². The fourth-order valence-corrected chi connectivity index (χ4v) is 2.80. The Labute approximate surface area is 162 Å². The number of para-hydroxylation sites is 1. The maximum Gasteiger partial charge on any atom is 0.248 e. The van der Waals surface area contributed by atoms with E-state index in [0.717, 1.165) is 28.8 Å². The molecule has 1 N–H and O–H groups in total. The molecule has 1 amide bonds. The maximum atomic E-state index is 12.4. The molecular weight excluding hydrogens is 338 g/mol. The number of ether oxygens (including phenoxy) is 2. The zero-order valence-electron chi connectivity index (χ0n) is 16.8. The lowest BCUT2D eigenvalue weighted by Crippen LogP contribution is -2.11. The van der Waals surface area contributed by atoms with Gasteiger partial charge in [0.25, 0.3) is 0 Å². The van der Waals surface area contributed by atoms with Crippen molar-refractivity contribution < 1.29 is 14.3 Å². The summed E-state index contributed by atoms with van der Waals surface area (Å²) in [5.74, 6) is 1.55. The first-order valence-corrected chi connectivity index (χ1v) is 9.35. The van der Waals surface area contributed by atoms with E-state index < -0.39 is 0 Å². The van der Waals surface area contributed by atoms with Crippen LogP contribution < -0.4 is 14.8 Å². The number of carbonyl (C=O) groups is 1. The van der Waals surface area contributed by atoms with E-state index in [4.69, 9.17) is 9.47 Å². The third-order valence-electron chi connectivity index (χ3n) is 4.25. The van der Waals surface area contributed by atoms with E-state index in [1.54, 1.807) is 13.2 Å². The topological polar surface area (TPSA) is 47.6 Å². The van der Waals surface area contributed by atoms with Gasteiger partial charge < -0.3 is 14.8 Å². The largest absolute Gasteiger partial charge is 0.493 e. The smallest absolute Gasteiger partial charge is 0.248 e. The Morgan fingerprint density at radius 1 is 1.19 bits per heavy atom. The van der Waals surface area contributed by atoms with Crippen LogP contribution in [0.15, 0.2) is 42.5 Å². The van der Waals surface area contributed by atoms with Crippen molar-refractivity contribution in [2.24, 2.45) is 0 Å². The number of methoxy groups -OCH3 is 1. The van der Waals surface area contributed by atoms with Crippen LogP contribution in [-0.2, 0) is 4.79 Å². The molecule has 0 spiro atoms. The highest BCUT2D eigenvalue weighted by Gasteiger charge is 2.11. The molecule has 2 aromatic carbocycles. The highest BCUT2D eigenvalue weighted by atomic mass is 16.5. The van der Waals surface area contributed by atoms with Gasteiger partial charge in [-0.1, -0.05) is 45.0 Å². The normalized spacial score (nSPS) is 11.0. The average molecular weight is 367 g/mol. The van der Waals surface area contributed by atoms with Gasteiger partial charge in [-0.15, -0.1) is 0 Å². The van der Waals surface area contributed by atoms with Gasteiger partial charge in [0.15, 0.2) is 11.5 Å². The highest BCUT2D eigenvalue weighted by molar-refractivity contribution is 6.02. The monoisotopic (exact) mass is 367 g/mol. The van der Waals surface area contributed by atoms with Gasteiger partial charge in [-0.25, -0.2) is 0 Å².